The van der Waals surface area contributed by atoms with Crippen LogP contribution in [0.3, 0.4) is 0 Å². The number of halogens is 2. The minimum Gasteiger partial charge on any atom is -0.450 e. The van der Waals surface area contributed by atoms with E-state index in [4.69, 9.17) is 20.8 Å². The number of methoxy groups -OCH3 is 1. The number of carbonyl (C=O) groups excluding carboxylic acids is 1. The molecule has 29 heavy (non-hydrogen) atoms. The molecule has 1 aliphatic heterocycles. The van der Waals surface area contributed by atoms with Crippen molar-refractivity contribution < 1.29 is 13.9 Å². The van der Waals surface area contributed by atoms with Crippen molar-refractivity contribution >= 4 is 44.4 Å². The highest BCUT2D eigenvalue weighted by Crippen LogP contribution is 2.39. The summed E-state index contributed by atoms with van der Waals surface area (Å²) in [6.45, 7) is 2.80. The lowest BCUT2D eigenvalue weighted by Crippen LogP contribution is -2.31. The minimum atomic E-state index is -0.521. The summed E-state index contributed by atoms with van der Waals surface area (Å²) in [5, 5.41) is 0.871. The van der Waals surface area contributed by atoms with Crippen LogP contribution >= 0.6 is 27.5 Å². The first kappa shape index (κ1) is 20.1. The van der Waals surface area contributed by atoms with Crippen molar-refractivity contribution in [2.24, 2.45) is 0 Å². The van der Waals surface area contributed by atoms with Crippen LogP contribution in [-0.2, 0) is 4.74 Å². The highest BCUT2D eigenvalue weighted by Gasteiger charge is 2.42. The third-order valence-electron chi connectivity index (χ3n) is 5.16. The second-order valence-electron chi connectivity index (χ2n) is 7.07. The normalized spacial score (nSPS) is 15.9. The number of ether oxygens (including phenoxy) is 1. The molecule has 0 saturated heterocycles. The minimum absolute atomic E-state index is 0.103. The van der Waals surface area contributed by atoms with E-state index in [2.05, 4.69) is 15.9 Å². The van der Waals surface area contributed by atoms with Crippen molar-refractivity contribution in [1.29, 1.82) is 0 Å². The van der Waals surface area contributed by atoms with Crippen LogP contribution in [0.2, 0.25) is 5.02 Å². The highest BCUT2D eigenvalue weighted by molar-refractivity contribution is 9.10. The fourth-order valence-corrected chi connectivity index (χ4v) is 4.35. The molecule has 150 valence electrons. The smallest absolute Gasteiger partial charge is 0.290 e. The van der Waals surface area contributed by atoms with Gasteiger partial charge < -0.3 is 14.1 Å². The van der Waals surface area contributed by atoms with Gasteiger partial charge in [-0.15, -0.1) is 0 Å². The predicted octanol–water partition coefficient (Wildman–Crippen LogP) is 5.10. The van der Waals surface area contributed by atoms with Gasteiger partial charge in [0.1, 0.15) is 5.58 Å². The van der Waals surface area contributed by atoms with E-state index in [0.29, 0.717) is 41.1 Å². The summed E-state index contributed by atoms with van der Waals surface area (Å²) in [6, 6.07) is 10.4. The Labute approximate surface area is 181 Å². The Morgan fingerprint density at radius 1 is 1.24 bits per heavy atom. The van der Waals surface area contributed by atoms with Crippen LogP contribution in [-0.4, -0.2) is 31.1 Å². The summed E-state index contributed by atoms with van der Waals surface area (Å²) < 4.78 is 12.0. The van der Waals surface area contributed by atoms with Gasteiger partial charge in [0.2, 0.25) is 5.76 Å². The van der Waals surface area contributed by atoms with E-state index >= 15 is 0 Å². The lowest BCUT2D eigenvalue weighted by atomic mass is 9.98. The Balaban J connectivity index is 1.95. The quantitative estimate of drug-likeness (QED) is 0.481. The third-order valence-corrected chi connectivity index (χ3v) is 6.06. The van der Waals surface area contributed by atoms with Gasteiger partial charge in [-0.25, -0.2) is 0 Å². The molecule has 1 aromatic heterocycles. The first-order valence-corrected chi connectivity index (χ1v) is 10.4. The lowest BCUT2D eigenvalue weighted by Gasteiger charge is -2.25. The van der Waals surface area contributed by atoms with Crippen LogP contribution < -0.4 is 5.43 Å². The number of hydrogen-bond donors (Lipinski definition) is 0. The molecule has 1 unspecified atom stereocenters. The molecular formula is C22H19BrClNO4. The zero-order valence-corrected chi connectivity index (χ0v) is 18.3. The van der Waals surface area contributed by atoms with Gasteiger partial charge in [0, 0.05) is 29.8 Å². The third kappa shape index (κ3) is 3.50. The molecule has 7 heteroatoms. The molecule has 2 heterocycles. The van der Waals surface area contributed by atoms with Gasteiger partial charge in [-0.1, -0.05) is 39.7 Å². The maximum Gasteiger partial charge on any atom is 0.290 e. The molecule has 0 bridgehead atoms. The molecule has 0 radical (unpaired) electrons. The van der Waals surface area contributed by atoms with Crippen LogP contribution in [0, 0.1) is 6.92 Å². The lowest BCUT2D eigenvalue weighted by molar-refractivity contribution is 0.0708. The number of amides is 1. The summed E-state index contributed by atoms with van der Waals surface area (Å²) in [5.41, 5.74) is 2.13. The summed E-state index contributed by atoms with van der Waals surface area (Å²) in [5.74, 6) is -0.181. The van der Waals surface area contributed by atoms with E-state index in [0.717, 1.165) is 15.6 Å². The number of benzene rings is 2. The first-order valence-electron chi connectivity index (χ1n) is 9.24. The number of rotatable bonds is 5. The van der Waals surface area contributed by atoms with Crippen molar-refractivity contribution in [3.05, 3.63) is 78.6 Å². The largest absolute Gasteiger partial charge is 0.450 e. The van der Waals surface area contributed by atoms with Crippen molar-refractivity contribution in [3.8, 4) is 0 Å². The first-order chi connectivity index (χ1) is 13.9. The fourth-order valence-electron chi connectivity index (χ4n) is 3.77. The molecule has 1 atom stereocenters. The highest BCUT2D eigenvalue weighted by atomic mass is 79.9. The van der Waals surface area contributed by atoms with Crippen LogP contribution in [0.15, 0.2) is 50.1 Å². The molecule has 0 N–H and O–H groups in total. The summed E-state index contributed by atoms with van der Waals surface area (Å²) in [6.07, 6.45) is 0.652. The molecule has 0 fully saturated rings. The van der Waals surface area contributed by atoms with Gasteiger partial charge >= 0.3 is 0 Å². The van der Waals surface area contributed by atoms with Crippen molar-refractivity contribution in [2.45, 2.75) is 19.4 Å². The van der Waals surface area contributed by atoms with Gasteiger partial charge in [-0.2, -0.15) is 0 Å². The fraction of sp³-hybridized carbons (Fsp3) is 0.273. The summed E-state index contributed by atoms with van der Waals surface area (Å²) >= 11 is 9.73. The number of fused-ring (bicyclic) bond motifs is 2. The average Bonchev–Trinajstić information content (AvgIpc) is 2.96. The Morgan fingerprint density at radius 3 is 2.76 bits per heavy atom. The zero-order valence-electron chi connectivity index (χ0n) is 16.0. The molecule has 0 aliphatic carbocycles. The summed E-state index contributed by atoms with van der Waals surface area (Å²) in [7, 11) is 1.62. The molecule has 3 aromatic rings. The van der Waals surface area contributed by atoms with Crippen LogP contribution in [0.25, 0.3) is 11.0 Å². The second-order valence-corrected chi connectivity index (χ2v) is 8.40. The van der Waals surface area contributed by atoms with Gasteiger partial charge in [0.15, 0.2) is 5.43 Å². The van der Waals surface area contributed by atoms with E-state index in [1.807, 2.05) is 31.2 Å². The zero-order chi connectivity index (χ0) is 20.7. The molecule has 1 amide bonds. The topological polar surface area (TPSA) is 59.8 Å². The molecule has 1 aliphatic rings. The number of hydrogen-bond acceptors (Lipinski definition) is 4. The number of nitrogens with zero attached hydrogens (tertiary/aromatic N) is 1. The van der Waals surface area contributed by atoms with Gasteiger partial charge in [0.25, 0.3) is 5.91 Å². The van der Waals surface area contributed by atoms with Gasteiger partial charge in [-0.3, -0.25) is 9.59 Å². The van der Waals surface area contributed by atoms with Gasteiger partial charge in [-0.05, 0) is 48.7 Å². The number of carbonyl (C=O) groups is 1. The standard InChI is InChI=1S/C22H19BrClNO4/c1-12-9-17-15(11-16(12)24)20(26)18-19(13-5-3-6-14(23)10-13)25(7-4-8-28-2)22(27)21(18)29-17/h3,5-6,9-11,19H,4,7-8H2,1-2H3. The molecule has 4 rings (SSSR count). The molecule has 2 aromatic carbocycles. The van der Waals surface area contributed by atoms with E-state index in [1.165, 1.54) is 0 Å². The SMILES string of the molecule is COCCCN1C(=O)c2oc3cc(C)c(Cl)cc3c(=O)c2C1c1cccc(Br)c1. The second kappa shape index (κ2) is 7.94. The van der Waals surface area contributed by atoms with E-state index in [1.54, 1.807) is 24.1 Å². The maximum atomic E-state index is 13.4. The van der Waals surface area contributed by atoms with Gasteiger partial charge in [0.05, 0.1) is 17.0 Å². The van der Waals surface area contributed by atoms with Crippen LogP contribution in [0.1, 0.15) is 39.7 Å². The molecule has 0 spiro atoms. The molecule has 5 nitrogen and oxygen atoms in total. The monoisotopic (exact) mass is 475 g/mol. The average molecular weight is 477 g/mol. The van der Waals surface area contributed by atoms with Crippen molar-refractivity contribution in [1.82, 2.24) is 4.90 Å². The Bertz CT molecular complexity index is 1170. The van der Waals surface area contributed by atoms with E-state index in [9.17, 15) is 9.59 Å². The van der Waals surface area contributed by atoms with E-state index < -0.39 is 6.04 Å². The predicted molar refractivity (Wildman–Crippen MR) is 116 cm³/mol. The van der Waals surface area contributed by atoms with Crippen molar-refractivity contribution in [3.63, 3.8) is 0 Å². The maximum absolute atomic E-state index is 13.4. The van der Waals surface area contributed by atoms with Crippen molar-refractivity contribution in [2.75, 3.05) is 20.3 Å². The Kier molecular flexibility index (Phi) is 5.51. The van der Waals surface area contributed by atoms with Crippen LogP contribution in [0.5, 0.6) is 0 Å². The Morgan fingerprint density at radius 2 is 2.03 bits per heavy atom. The Hall–Kier alpha value is -2.15. The number of aryl methyl sites for hydroxylation is 1. The van der Waals surface area contributed by atoms with E-state index in [-0.39, 0.29) is 17.1 Å². The molecular weight excluding hydrogens is 458 g/mol. The van der Waals surface area contributed by atoms with Crippen LogP contribution in [0.4, 0.5) is 0 Å². The summed E-state index contributed by atoms with van der Waals surface area (Å²) in [4.78, 5) is 28.3. The molecule has 0 saturated carbocycles.